The van der Waals surface area contributed by atoms with Crippen LogP contribution < -0.4 is 5.32 Å². The first-order valence-electron chi connectivity index (χ1n) is 8.82. The van der Waals surface area contributed by atoms with E-state index in [1.165, 1.54) is 0 Å². The summed E-state index contributed by atoms with van der Waals surface area (Å²) < 4.78 is 5.46. The number of rotatable bonds is 6. The van der Waals surface area contributed by atoms with Crippen LogP contribution in [0.2, 0.25) is 0 Å². The van der Waals surface area contributed by atoms with Gasteiger partial charge in [-0.05, 0) is 26.2 Å². The number of nitrogens with one attached hydrogen (secondary N) is 1. The molecule has 2 aliphatic heterocycles. The van der Waals surface area contributed by atoms with Gasteiger partial charge in [-0.1, -0.05) is 13.8 Å². The number of hydrogen-bond donors (Lipinski definition) is 1. The molecule has 2 rings (SSSR count). The van der Waals surface area contributed by atoms with Crippen molar-refractivity contribution in [1.82, 2.24) is 15.1 Å². The average Bonchev–Trinajstić information content (AvgIpc) is 2.91. The van der Waals surface area contributed by atoms with Gasteiger partial charge in [0.15, 0.2) is 0 Å². The molecule has 3 unspecified atom stereocenters. The maximum absolute atomic E-state index is 12.6. The fourth-order valence-corrected chi connectivity index (χ4v) is 3.63. The maximum Gasteiger partial charge on any atom is 0.243 e. The molecule has 6 nitrogen and oxygen atoms in total. The standard InChI is InChI=1S/C17H31N3O3/c1-12(2)16(20-7-5-6-15(20)21)17(22)18-10-13(3)19-8-9-23-11-14(19)4/h12-14,16H,5-11H2,1-4H3,(H,18,22). The highest BCUT2D eigenvalue weighted by Gasteiger charge is 2.35. The van der Waals surface area contributed by atoms with Crippen molar-refractivity contribution in [2.24, 2.45) is 5.92 Å². The monoisotopic (exact) mass is 325 g/mol. The van der Waals surface area contributed by atoms with Gasteiger partial charge in [-0.2, -0.15) is 0 Å². The number of nitrogens with zero attached hydrogens (tertiary/aromatic N) is 2. The van der Waals surface area contributed by atoms with Crippen LogP contribution in [0.4, 0.5) is 0 Å². The molecule has 1 N–H and O–H groups in total. The number of morpholine rings is 1. The minimum Gasteiger partial charge on any atom is -0.379 e. The number of amides is 2. The van der Waals surface area contributed by atoms with Gasteiger partial charge in [0, 0.05) is 38.1 Å². The SMILES string of the molecule is CC(C)C(C(=O)NCC(C)N1CCOCC1C)N1CCCC1=O. The molecule has 2 amide bonds. The summed E-state index contributed by atoms with van der Waals surface area (Å²) in [6.45, 7) is 12.0. The summed E-state index contributed by atoms with van der Waals surface area (Å²) in [7, 11) is 0. The first-order chi connectivity index (χ1) is 10.9. The summed E-state index contributed by atoms with van der Waals surface area (Å²) in [5.74, 6) is 0.200. The Balaban J connectivity index is 1.89. The Morgan fingerprint density at radius 1 is 1.35 bits per heavy atom. The number of hydrogen-bond acceptors (Lipinski definition) is 4. The zero-order chi connectivity index (χ0) is 17.0. The quantitative estimate of drug-likeness (QED) is 0.787. The summed E-state index contributed by atoms with van der Waals surface area (Å²) in [6, 6.07) is 0.288. The van der Waals surface area contributed by atoms with E-state index in [1.807, 2.05) is 13.8 Å². The highest BCUT2D eigenvalue weighted by Crippen LogP contribution is 2.19. The van der Waals surface area contributed by atoms with E-state index in [1.54, 1.807) is 4.90 Å². The molecule has 0 aliphatic carbocycles. The molecule has 0 aromatic carbocycles. The molecule has 0 spiro atoms. The molecule has 2 fully saturated rings. The molecule has 23 heavy (non-hydrogen) atoms. The van der Waals surface area contributed by atoms with Crippen molar-refractivity contribution >= 4 is 11.8 Å². The second kappa shape index (κ2) is 8.11. The van der Waals surface area contributed by atoms with Crippen LogP contribution >= 0.6 is 0 Å². The predicted octanol–water partition coefficient (Wildman–Crippen LogP) is 0.859. The lowest BCUT2D eigenvalue weighted by Gasteiger charge is -2.38. The molecule has 0 radical (unpaired) electrons. The molecule has 0 saturated carbocycles. The lowest BCUT2D eigenvalue weighted by molar-refractivity contribution is -0.139. The van der Waals surface area contributed by atoms with E-state index in [9.17, 15) is 9.59 Å². The van der Waals surface area contributed by atoms with Gasteiger partial charge in [0.2, 0.25) is 11.8 Å². The van der Waals surface area contributed by atoms with Gasteiger partial charge in [-0.15, -0.1) is 0 Å². The van der Waals surface area contributed by atoms with E-state index in [2.05, 4.69) is 24.1 Å². The molecule has 132 valence electrons. The largest absolute Gasteiger partial charge is 0.379 e. The van der Waals surface area contributed by atoms with Crippen molar-refractivity contribution in [1.29, 1.82) is 0 Å². The molecule has 6 heteroatoms. The van der Waals surface area contributed by atoms with Crippen LogP contribution in [0.3, 0.4) is 0 Å². The molecule has 2 heterocycles. The van der Waals surface area contributed by atoms with Crippen LogP contribution in [-0.4, -0.2) is 72.6 Å². The van der Waals surface area contributed by atoms with Crippen molar-refractivity contribution < 1.29 is 14.3 Å². The third-order valence-corrected chi connectivity index (χ3v) is 4.90. The molecule has 0 aromatic rings. The van der Waals surface area contributed by atoms with Crippen molar-refractivity contribution in [3.05, 3.63) is 0 Å². The van der Waals surface area contributed by atoms with Crippen molar-refractivity contribution in [2.75, 3.05) is 32.8 Å². The Morgan fingerprint density at radius 3 is 2.65 bits per heavy atom. The van der Waals surface area contributed by atoms with E-state index in [4.69, 9.17) is 4.74 Å². The summed E-state index contributed by atoms with van der Waals surface area (Å²) >= 11 is 0. The molecule has 3 atom stereocenters. The molecule has 2 saturated heterocycles. The fraction of sp³-hybridized carbons (Fsp3) is 0.882. The normalized spacial score (nSPS) is 25.7. The topological polar surface area (TPSA) is 61.9 Å². The Bertz CT molecular complexity index is 427. The van der Waals surface area contributed by atoms with Crippen molar-refractivity contribution in [3.63, 3.8) is 0 Å². The van der Waals surface area contributed by atoms with Gasteiger partial charge in [0.05, 0.1) is 13.2 Å². The van der Waals surface area contributed by atoms with E-state index in [0.29, 0.717) is 25.6 Å². The highest BCUT2D eigenvalue weighted by molar-refractivity contribution is 5.88. The van der Waals surface area contributed by atoms with Crippen molar-refractivity contribution in [3.8, 4) is 0 Å². The third kappa shape index (κ3) is 4.44. The lowest BCUT2D eigenvalue weighted by Crippen LogP contribution is -2.55. The van der Waals surface area contributed by atoms with Crippen LogP contribution in [0.25, 0.3) is 0 Å². The highest BCUT2D eigenvalue weighted by atomic mass is 16.5. The average molecular weight is 325 g/mol. The van der Waals surface area contributed by atoms with E-state index < -0.39 is 0 Å². The van der Waals surface area contributed by atoms with Crippen LogP contribution in [0, 0.1) is 5.92 Å². The molecule has 0 bridgehead atoms. The van der Waals surface area contributed by atoms with Gasteiger partial charge in [0.1, 0.15) is 6.04 Å². The van der Waals surface area contributed by atoms with Crippen LogP contribution in [0.1, 0.15) is 40.5 Å². The third-order valence-electron chi connectivity index (χ3n) is 4.90. The Labute approximate surface area is 139 Å². The fourth-order valence-electron chi connectivity index (χ4n) is 3.63. The number of likely N-dealkylation sites (tertiary alicyclic amines) is 1. The van der Waals surface area contributed by atoms with Crippen LogP contribution in [0.15, 0.2) is 0 Å². The zero-order valence-corrected chi connectivity index (χ0v) is 14.9. The maximum atomic E-state index is 12.6. The minimum atomic E-state index is -0.348. The Hall–Kier alpha value is -1.14. The zero-order valence-electron chi connectivity index (χ0n) is 14.9. The number of carbonyl (C=O) groups is 2. The van der Waals surface area contributed by atoms with E-state index >= 15 is 0 Å². The van der Waals surface area contributed by atoms with Crippen LogP contribution in [0.5, 0.6) is 0 Å². The molecular weight excluding hydrogens is 294 g/mol. The van der Waals surface area contributed by atoms with Gasteiger partial charge < -0.3 is 15.0 Å². The minimum absolute atomic E-state index is 0.0250. The van der Waals surface area contributed by atoms with Gasteiger partial charge in [0.25, 0.3) is 0 Å². The first kappa shape index (κ1) is 18.2. The summed E-state index contributed by atoms with van der Waals surface area (Å²) in [5, 5.41) is 3.06. The summed E-state index contributed by atoms with van der Waals surface area (Å²) in [5.41, 5.74) is 0. The van der Waals surface area contributed by atoms with Crippen molar-refractivity contribution in [2.45, 2.75) is 58.7 Å². The second-order valence-corrected chi connectivity index (χ2v) is 7.14. The van der Waals surface area contributed by atoms with E-state index in [0.717, 1.165) is 26.2 Å². The summed E-state index contributed by atoms with van der Waals surface area (Å²) in [6.07, 6.45) is 1.43. The Morgan fingerprint density at radius 2 is 2.09 bits per heavy atom. The number of carbonyl (C=O) groups excluding carboxylic acids is 2. The molecular formula is C17H31N3O3. The molecule has 0 aromatic heterocycles. The molecule has 2 aliphatic rings. The van der Waals surface area contributed by atoms with Gasteiger partial charge >= 0.3 is 0 Å². The predicted molar refractivity (Wildman–Crippen MR) is 89.0 cm³/mol. The van der Waals surface area contributed by atoms with E-state index in [-0.39, 0.29) is 29.8 Å². The second-order valence-electron chi connectivity index (χ2n) is 7.14. The summed E-state index contributed by atoms with van der Waals surface area (Å²) in [4.78, 5) is 28.7. The van der Waals surface area contributed by atoms with Gasteiger partial charge in [-0.3, -0.25) is 14.5 Å². The number of ether oxygens (including phenoxy) is 1. The Kier molecular flexibility index (Phi) is 6.41. The first-order valence-corrected chi connectivity index (χ1v) is 8.82. The lowest BCUT2D eigenvalue weighted by atomic mass is 10.0. The smallest absolute Gasteiger partial charge is 0.243 e. The van der Waals surface area contributed by atoms with Crippen LogP contribution in [-0.2, 0) is 14.3 Å². The van der Waals surface area contributed by atoms with Gasteiger partial charge in [-0.25, -0.2) is 0 Å².